The Kier molecular flexibility index (Phi) is 8.10. The van der Waals surface area contributed by atoms with Gasteiger partial charge in [-0.2, -0.15) is 5.10 Å². The predicted octanol–water partition coefficient (Wildman–Crippen LogP) is 4.82. The minimum Gasteiger partial charge on any atom is -0.497 e. The summed E-state index contributed by atoms with van der Waals surface area (Å²) in [4.78, 5) is 12.4. The SMILES string of the molecule is COc1cc(OC)cc(C(=O)N/N=C\c2cc(Br)c(OCc3ccccc3)c(OC)c2)c1. The number of methoxy groups -OCH3 is 3. The molecule has 0 fully saturated rings. The molecule has 166 valence electrons. The summed E-state index contributed by atoms with van der Waals surface area (Å²) < 4.78 is 22.5. The molecular weight excluding hydrogens is 476 g/mol. The number of carbonyl (C=O) groups is 1. The summed E-state index contributed by atoms with van der Waals surface area (Å²) in [6.07, 6.45) is 1.52. The highest BCUT2D eigenvalue weighted by molar-refractivity contribution is 9.10. The average molecular weight is 499 g/mol. The Bertz CT molecular complexity index is 1080. The Morgan fingerprint density at radius 2 is 1.66 bits per heavy atom. The standard InChI is InChI=1S/C24H23BrN2O5/c1-29-19-11-18(12-20(13-19)30-2)24(28)27-26-14-17-9-21(25)23(22(10-17)31-3)32-15-16-7-5-4-6-8-16/h4-14H,15H2,1-3H3,(H,27,28)/b26-14-. The van der Waals surface area contributed by atoms with E-state index in [9.17, 15) is 4.79 Å². The number of rotatable bonds is 9. The lowest BCUT2D eigenvalue weighted by molar-refractivity contribution is 0.0954. The van der Waals surface area contributed by atoms with Crippen molar-refractivity contribution < 1.29 is 23.7 Å². The van der Waals surface area contributed by atoms with Crippen LogP contribution in [0.15, 0.2) is 70.2 Å². The molecule has 0 aliphatic rings. The van der Waals surface area contributed by atoms with E-state index in [2.05, 4.69) is 26.5 Å². The predicted molar refractivity (Wildman–Crippen MR) is 126 cm³/mol. The smallest absolute Gasteiger partial charge is 0.271 e. The lowest BCUT2D eigenvalue weighted by atomic mass is 10.2. The molecule has 1 amide bonds. The topological polar surface area (TPSA) is 78.4 Å². The van der Waals surface area contributed by atoms with E-state index in [-0.39, 0.29) is 0 Å². The molecule has 3 rings (SSSR count). The van der Waals surface area contributed by atoms with Crippen molar-refractivity contribution in [2.75, 3.05) is 21.3 Å². The van der Waals surface area contributed by atoms with Crippen molar-refractivity contribution in [3.63, 3.8) is 0 Å². The molecule has 0 saturated heterocycles. The molecule has 0 aliphatic carbocycles. The Morgan fingerprint density at radius 1 is 0.969 bits per heavy atom. The molecule has 0 aromatic heterocycles. The van der Waals surface area contributed by atoms with Gasteiger partial charge < -0.3 is 18.9 Å². The summed E-state index contributed by atoms with van der Waals surface area (Å²) in [5.74, 6) is 1.76. The number of hydrogen-bond donors (Lipinski definition) is 1. The number of halogens is 1. The molecule has 7 nitrogen and oxygen atoms in total. The first-order valence-electron chi connectivity index (χ1n) is 9.64. The van der Waals surface area contributed by atoms with E-state index in [0.29, 0.717) is 45.2 Å². The van der Waals surface area contributed by atoms with Crippen LogP contribution in [-0.4, -0.2) is 33.5 Å². The summed E-state index contributed by atoms with van der Waals surface area (Å²) in [6, 6.07) is 18.3. The maximum Gasteiger partial charge on any atom is 0.271 e. The van der Waals surface area contributed by atoms with E-state index >= 15 is 0 Å². The summed E-state index contributed by atoms with van der Waals surface area (Å²) in [6.45, 7) is 0.406. The summed E-state index contributed by atoms with van der Waals surface area (Å²) in [5.41, 5.74) is 4.62. The fourth-order valence-electron chi connectivity index (χ4n) is 2.85. The van der Waals surface area contributed by atoms with E-state index in [1.54, 1.807) is 31.4 Å². The van der Waals surface area contributed by atoms with Gasteiger partial charge in [-0.25, -0.2) is 5.43 Å². The van der Waals surface area contributed by atoms with Gasteiger partial charge in [-0.1, -0.05) is 30.3 Å². The monoisotopic (exact) mass is 498 g/mol. The van der Waals surface area contributed by atoms with Crippen molar-refractivity contribution in [3.05, 3.63) is 81.8 Å². The molecule has 0 saturated carbocycles. The highest BCUT2D eigenvalue weighted by atomic mass is 79.9. The Morgan fingerprint density at radius 3 is 2.28 bits per heavy atom. The van der Waals surface area contributed by atoms with Gasteiger partial charge in [-0.05, 0) is 51.3 Å². The normalized spacial score (nSPS) is 10.6. The van der Waals surface area contributed by atoms with E-state index < -0.39 is 5.91 Å². The first kappa shape index (κ1) is 23.1. The third kappa shape index (κ3) is 6.01. The third-order valence-electron chi connectivity index (χ3n) is 4.47. The van der Waals surface area contributed by atoms with Crippen LogP contribution in [0.3, 0.4) is 0 Å². The second-order valence-electron chi connectivity index (χ2n) is 6.61. The highest BCUT2D eigenvalue weighted by Crippen LogP contribution is 2.36. The molecule has 0 unspecified atom stereocenters. The zero-order valence-corrected chi connectivity index (χ0v) is 19.5. The molecule has 8 heteroatoms. The van der Waals surface area contributed by atoms with Gasteiger partial charge in [0.1, 0.15) is 18.1 Å². The molecule has 32 heavy (non-hydrogen) atoms. The summed E-state index contributed by atoms with van der Waals surface area (Å²) in [5, 5.41) is 4.05. The molecule has 0 bridgehead atoms. The number of benzene rings is 3. The van der Waals surface area contributed by atoms with Crippen molar-refractivity contribution in [2.45, 2.75) is 6.61 Å². The molecular formula is C24H23BrN2O5. The minimum absolute atomic E-state index is 0.363. The fraction of sp³-hybridized carbons (Fsp3) is 0.167. The average Bonchev–Trinajstić information content (AvgIpc) is 2.83. The first-order valence-corrected chi connectivity index (χ1v) is 10.4. The molecule has 3 aromatic rings. The van der Waals surface area contributed by atoms with Crippen LogP contribution in [0.1, 0.15) is 21.5 Å². The van der Waals surface area contributed by atoms with Crippen LogP contribution < -0.4 is 24.4 Å². The van der Waals surface area contributed by atoms with Crippen molar-refractivity contribution in [3.8, 4) is 23.0 Å². The Labute approximate surface area is 195 Å². The zero-order valence-electron chi connectivity index (χ0n) is 17.9. The highest BCUT2D eigenvalue weighted by Gasteiger charge is 2.12. The number of carbonyl (C=O) groups excluding carboxylic acids is 1. The lowest BCUT2D eigenvalue weighted by Crippen LogP contribution is -2.17. The number of nitrogens with zero attached hydrogens (tertiary/aromatic N) is 1. The zero-order chi connectivity index (χ0) is 22.9. The summed E-state index contributed by atoms with van der Waals surface area (Å²) >= 11 is 3.52. The molecule has 0 aliphatic heterocycles. The molecule has 0 heterocycles. The number of nitrogens with one attached hydrogen (secondary N) is 1. The van der Waals surface area contributed by atoms with Gasteiger partial charge in [0.05, 0.1) is 32.0 Å². The molecule has 3 aromatic carbocycles. The maximum absolute atomic E-state index is 12.4. The number of hydrazone groups is 1. The van der Waals surface area contributed by atoms with E-state index in [1.807, 2.05) is 36.4 Å². The fourth-order valence-corrected chi connectivity index (χ4v) is 3.43. The molecule has 0 radical (unpaired) electrons. The number of amides is 1. The largest absolute Gasteiger partial charge is 0.497 e. The van der Waals surface area contributed by atoms with Crippen LogP contribution in [0.2, 0.25) is 0 Å². The molecule has 0 spiro atoms. The van der Waals surface area contributed by atoms with Gasteiger partial charge in [0, 0.05) is 11.6 Å². The van der Waals surface area contributed by atoms with E-state index in [1.165, 1.54) is 20.4 Å². The van der Waals surface area contributed by atoms with Gasteiger partial charge in [0.15, 0.2) is 11.5 Å². The van der Waals surface area contributed by atoms with Gasteiger partial charge in [0.25, 0.3) is 5.91 Å². The van der Waals surface area contributed by atoms with Crippen molar-refractivity contribution in [2.24, 2.45) is 5.10 Å². The van der Waals surface area contributed by atoms with Gasteiger partial charge >= 0.3 is 0 Å². The maximum atomic E-state index is 12.4. The second-order valence-corrected chi connectivity index (χ2v) is 7.46. The van der Waals surface area contributed by atoms with Crippen LogP contribution in [0.5, 0.6) is 23.0 Å². The third-order valence-corrected chi connectivity index (χ3v) is 5.06. The van der Waals surface area contributed by atoms with Crippen LogP contribution >= 0.6 is 15.9 Å². The van der Waals surface area contributed by atoms with Gasteiger partial charge in [0.2, 0.25) is 0 Å². The summed E-state index contributed by atoms with van der Waals surface area (Å²) in [7, 11) is 4.61. The van der Waals surface area contributed by atoms with Crippen LogP contribution in [0.25, 0.3) is 0 Å². The van der Waals surface area contributed by atoms with Crippen LogP contribution in [0.4, 0.5) is 0 Å². The van der Waals surface area contributed by atoms with Crippen molar-refractivity contribution in [1.29, 1.82) is 0 Å². The van der Waals surface area contributed by atoms with Crippen molar-refractivity contribution >= 4 is 28.1 Å². The van der Waals surface area contributed by atoms with E-state index in [0.717, 1.165) is 5.56 Å². The first-order chi connectivity index (χ1) is 15.5. The second kappa shape index (κ2) is 11.2. The molecule has 0 atom stereocenters. The minimum atomic E-state index is -0.396. The number of ether oxygens (including phenoxy) is 4. The molecule has 1 N–H and O–H groups in total. The Balaban J connectivity index is 1.70. The van der Waals surface area contributed by atoms with Crippen LogP contribution in [-0.2, 0) is 6.61 Å². The lowest BCUT2D eigenvalue weighted by Gasteiger charge is -2.13. The van der Waals surface area contributed by atoms with Crippen LogP contribution in [0, 0.1) is 0 Å². The van der Waals surface area contributed by atoms with Gasteiger partial charge in [-0.15, -0.1) is 0 Å². The quantitative estimate of drug-likeness (QED) is 0.338. The van der Waals surface area contributed by atoms with Gasteiger partial charge in [-0.3, -0.25) is 4.79 Å². The van der Waals surface area contributed by atoms with E-state index in [4.69, 9.17) is 18.9 Å². The Hall–Kier alpha value is -3.52. The van der Waals surface area contributed by atoms with Crippen molar-refractivity contribution in [1.82, 2.24) is 5.43 Å². The number of hydrogen-bond acceptors (Lipinski definition) is 6.